The zero-order valence-electron chi connectivity index (χ0n) is 14.0. The van der Waals surface area contributed by atoms with Gasteiger partial charge in [0, 0.05) is 17.4 Å². The number of benzene rings is 1. The zero-order chi connectivity index (χ0) is 17.6. The van der Waals surface area contributed by atoms with Gasteiger partial charge in [0.2, 0.25) is 5.91 Å². The van der Waals surface area contributed by atoms with Crippen LogP contribution in [-0.4, -0.2) is 17.1 Å². The Morgan fingerprint density at radius 3 is 2.68 bits per heavy atom. The first-order chi connectivity index (χ1) is 12.1. The van der Waals surface area contributed by atoms with Gasteiger partial charge in [0.15, 0.2) is 0 Å². The summed E-state index contributed by atoms with van der Waals surface area (Å²) in [6.07, 6.45) is 8.73. The van der Waals surface area contributed by atoms with Gasteiger partial charge < -0.3 is 0 Å². The molecule has 1 aliphatic rings. The summed E-state index contributed by atoms with van der Waals surface area (Å²) in [6, 6.07) is 11.4. The van der Waals surface area contributed by atoms with Crippen molar-refractivity contribution in [2.24, 2.45) is 11.0 Å². The van der Waals surface area contributed by atoms with Crippen LogP contribution in [0.1, 0.15) is 36.8 Å². The van der Waals surface area contributed by atoms with Crippen LogP contribution in [0.3, 0.4) is 0 Å². The number of allylic oxidation sites excluding steroid dienone is 2. The molecule has 1 heterocycles. The Bertz CT molecular complexity index is 784. The highest BCUT2D eigenvalue weighted by atomic mass is 35.5. The van der Waals surface area contributed by atoms with Crippen molar-refractivity contribution < 1.29 is 4.79 Å². The molecule has 0 bridgehead atoms. The highest BCUT2D eigenvalue weighted by molar-refractivity contribution is 6.30. The summed E-state index contributed by atoms with van der Waals surface area (Å²) >= 11 is 5.99. The topological polar surface area (TPSA) is 54.4 Å². The number of pyridine rings is 1. The third-order valence-electron chi connectivity index (χ3n) is 4.48. The molecule has 0 fully saturated rings. The fraction of sp³-hybridized carbons (Fsp3) is 0.250. The Balaban J connectivity index is 1.72. The molecule has 25 heavy (non-hydrogen) atoms. The average Bonchev–Trinajstić information content (AvgIpc) is 2.63. The Morgan fingerprint density at radius 2 is 1.96 bits per heavy atom. The standard InChI is InChI=1S/C20H20ClN3O/c1-14-2-7-18(19(12-14)16-3-5-17(21)6-4-16)20(25)24-23-13-15-8-10-22-11-9-15/h2-6,8-11,13,18-19H,7,12H2,1H3,(H,24,25). The summed E-state index contributed by atoms with van der Waals surface area (Å²) in [5.74, 6) is -0.0631. The normalized spacial score (nSPS) is 20.3. The minimum absolute atomic E-state index is 0.0611. The maximum absolute atomic E-state index is 12.7. The Labute approximate surface area is 152 Å². The molecule has 1 amide bonds. The summed E-state index contributed by atoms with van der Waals surface area (Å²) in [7, 11) is 0. The maximum Gasteiger partial charge on any atom is 0.244 e. The van der Waals surface area contributed by atoms with Crippen LogP contribution in [0.5, 0.6) is 0 Å². The third-order valence-corrected chi connectivity index (χ3v) is 4.73. The third kappa shape index (κ3) is 4.54. The van der Waals surface area contributed by atoms with Crippen LogP contribution < -0.4 is 5.43 Å². The van der Waals surface area contributed by atoms with E-state index in [0.29, 0.717) is 5.02 Å². The van der Waals surface area contributed by atoms with E-state index in [2.05, 4.69) is 28.5 Å². The predicted molar refractivity (Wildman–Crippen MR) is 101 cm³/mol. The SMILES string of the molecule is CC1=CCC(C(=O)NN=Cc2ccncc2)C(c2ccc(Cl)cc2)C1. The lowest BCUT2D eigenvalue weighted by molar-refractivity contribution is -0.125. The van der Waals surface area contributed by atoms with E-state index in [-0.39, 0.29) is 17.7 Å². The molecule has 3 rings (SSSR count). The van der Waals surface area contributed by atoms with Gasteiger partial charge in [-0.1, -0.05) is 35.4 Å². The maximum atomic E-state index is 12.7. The lowest BCUT2D eigenvalue weighted by Crippen LogP contribution is -2.33. The van der Waals surface area contributed by atoms with Gasteiger partial charge in [-0.3, -0.25) is 9.78 Å². The lowest BCUT2D eigenvalue weighted by atomic mass is 9.75. The number of nitrogens with zero attached hydrogens (tertiary/aromatic N) is 2. The first-order valence-electron chi connectivity index (χ1n) is 8.27. The number of hydrazone groups is 1. The summed E-state index contributed by atoms with van der Waals surface area (Å²) in [4.78, 5) is 16.6. The lowest BCUT2D eigenvalue weighted by Gasteiger charge is -2.29. The van der Waals surface area contributed by atoms with Crippen molar-refractivity contribution in [1.29, 1.82) is 0 Å². The minimum Gasteiger partial charge on any atom is -0.273 e. The van der Waals surface area contributed by atoms with E-state index >= 15 is 0 Å². The van der Waals surface area contributed by atoms with E-state index in [0.717, 1.165) is 24.0 Å². The van der Waals surface area contributed by atoms with Gasteiger partial charge >= 0.3 is 0 Å². The van der Waals surface area contributed by atoms with Crippen LogP contribution in [0, 0.1) is 5.92 Å². The molecule has 1 aliphatic carbocycles. The van der Waals surface area contributed by atoms with Crippen molar-refractivity contribution in [1.82, 2.24) is 10.4 Å². The number of hydrogen-bond donors (Lipinski definition) is 1. The molecule has 2 atom stereocenters. The fourth-order valence-corrected chi connectivity index (χ4v) is 3.24. The summed E-state index contributed by atoms with van der Waals surface area (Å²) in [5.41, 5.74) is 6.02. The molecule has 1 aromatic carbocycles. The predicted octanol–water partition coefficient (Wildman–Crippen LogP) is 4.33. The van der Waals surface area contributed by atoms with Crippen LogP contribution in [0.4, 0.5) is 0 Å². The summed E-state index contributed by atoms with van der Waals surface area (Å²) in [5, 5.41) is 4.79. The zero-order valence-corrected chi connectivity index (χ0v) is 14.8. The minimum atomic E-state index is -0.139. The quantitative estimate of drug-likeness (QED) is 0.505. The number of rotatable bonds is 4. The number of halogens is 1. The van der Waals surface area contributed by atoms with Crippen molar-refractivity contribution in [2.45, 2.75) is 25.7 Å². The van der Waals surface area contributed by atoms with Gasteiger partial charge in [-0.05, 0) is 61.1 Å². The van der Waals surface area contributed by atoms with Crippen molar-refractivity contribution in [3.63, 3.8) is 0 Å². The van der Waals surface area contributed by atoms with E-state index in [1.54, 1.807) is 18.6 Å². The second kappa shape index (κ2) is 8.08. The molecule has 128 valence electrons. The Kier molecular flexibility index (Phi) is 5.61. The number of hydrogen-bond acceptors (Lipinski definition) is 3. The molecule has 0 radical (unpaired) electrons. The number of carbonyl (C=O) groups is 1. The van der Waals surface area contributed by atoms with Crippen LogP contribution in [0.2, 0.25) is 5.02 Å². The second-order valence-corrected chi connectivity index (χ2v) is 6.71. The first kappa shape index (κ1) is 17.4. The Morgan fingerprint density at radius 1 is 1.24 bits per heavy atom. The van der Waals surface area contributed by atoms with Crippen molar-refractivity contribution >= 4 is 23.7 Å². The van der Waals surface area contributed by atoms with Crippen LogP contribution in [0.15, 0.2) is 65.5 Å². The van der Waals surface area contributed by atoms with Gasteiger partial charge in [-0.2, -0.15) is 5.10 Å². The van der Waals surface area contributed by atoms with Crippen LogP contribution in [-0.2, 0) is 4.79 Å². The van der Waals surface area contributed by atoms with Crippen LogP contribution in [0.25, 0.3) is 0 Å². The molecule has 0 aliphatic heterocycles. The summed E-state index contributed by atoms with van der Waals surface area (Å²) < 4.78 is 0. The van der Waals surface area contributed by atoms with Crippen LogP contribution >= 0.6 is 11.6 Å². The molecule has 5 heteroatoms. The van der Waals surface area contributed by atoms with Crippen molar-refractivity contribution in [3.8, 4) is 0 Å². The van der Waals surface area contributed by atoms with Gasteiger partial charge in [0.25, 0.3) is 0 Å². The second-order valence-electron chi connectivity index (χ2n) is 6.27. The number of aromatic nitrogens is 1. The smallest absolute Gasteiger partial charge is 0.244 e. The van der Waals surface area contributed by atoms with E-state index in [1.165, 1.54) is 5.57 Å². The molecular weight excluding hydrogens is 334 g/mol. The first-order valence-corrected chi connectivity index (χ1v) is 8.65. The molecule has 2 aromatic rings. The molecule has 1 N–H and O–H groups in total. The van der Waals surface area contributed by atoms with Gasteiger partial charge in [0.1, 0.15) is 0 Å². The fourth-order valence-electron chi connectivity index (χ4n) is 3.12. The molecule has 0 spiro atoms. The highest BCUT2D eigenvalue weighted by Crippen LogP contribution is 2.38. The molecular formula is C20H20ClN3O. The number of nitrogens with one attached hydrogen (secondary N) is 1. The monoisotopic (exact) mass is 353 g/mol. The summed E-state index contributed by atoms with van der Waals surface area (Å²) in [6.45, 7) is 2.11. The van der Waals surface area contributed by atoms with Gasteiger partial charge in [0.05, 0.1) is 12.1 Å². The van der Waals surface area contributed by atoms with Gasteiger partial charge in [-0.25, -0.2) is 5.43 Å². The highest BCUT2D eigenvalue weighted by Gasteiger charge is 2.31. The van der Waals surface area contributed by atoms with E-state index in [9.17, 15) is 4.79 Å². The number of carbonyl (C=O) groups excluding carboxylic acids is 1. The van der Waals surface area contributed by atoms with Gasteiger partial charge in [-0.15, -0.1) is 0 Å². The van der Waals surface area contributed by atoms with E-state index in [4.69, 9.17) is 11.6 Å². The van der Waals surface area contributed by atoms with E-state index < -0.39 is 0 Å². The molecule has 1 aromatic heterocycles. The molecule has 4 nitrogen and oxygen atoms in total. The molecule has 0 saturated heterocycles. The molecule has 2 unspecified atom stereocenters. The largest absolute Gasteiger partial charge is 0.273 e. The average molecular weight is 354 g/mol. The van der Waals surface area contributed by atoms with E-state index in [1.807, 2.05) is 36.4 Å². The van der Waals surface area contributed by atoms with Crippen molar-refractivity contribution in [3.05, 3.63) is 76.6 Å². The molecule has 0 saturated carbocycles. The van der Waals surface area contributed by atoms with Crippen molar-refractivity contribution in [2.75, 3.05) is 0 Å². The Hall–Kier alpha value is -2.46. The number of amides is 1.